The fourth-order valence-electron chi connectivity index (χ4n) is 14.0. The second-order valence-electron chi connectivity index (χ2n) is 20.0. The molecule has 12 aliphatic rings. The standard InChI is InChI=1S/C58H40N4.2CHCl3/c59-25-37(26-60)55-47-17-39-29-1-9-33(10-2-29)43(39)21-51(47)57(52-22-44-34-11-3-30(4-12-34)40(44)18-48(52)55)58-53-23-45-35-13-5-31(6-14-35)41(45)19-49(53)56(38(27-61)28-62)50-20-42-32-7-15-36(16-8-32)46(42)24-54(50)58;2*2-1(3)4/h1,3,5,7,9,11,13,15,17-24,29-36H,2,4,6,8,10,12,14,16H2;2*1H/t29-,30+,31-,32+,33+,34-,35+,36-;;. The molecular weight excluding hydrogens is 989 g/mol. The van der Waals surface area contributed by atoms with Gasteiger partial charge in [0.1, 0.15) is 35.4 Å². The zero-order valence-electron chi connectivity index (χ0n) is 37.7. The molecule has 8 atom stereocenters. The third kappa shape index (κ3) is 7.17. The molecule has 18 rings (SSSR count). The lowest BCUT2D eigenvalue weighted by Crippen LogP contribution is -2.21. The van der Waals surface area contributed by atoms with Gasteiger partial charge in [0.25, 0.3) is 0 Å². The summed E-state index contributed by atoms with van der Waals surface area (Å²) in [6, 6.07) is 28.7. The van der Waals surface area contributed by atoms with E-state index in [1.54, 1.807) is 0 Å². The summed E-state index contributed by atoms with van der Waals surface area (Å²) in [7, 11) is 0. The van der Waals surface area contributed by atoms with Gasteiger partial charge in [0.2, 0.25) is 0 Å². The molecule has 6 aromatic carbocycles. The van der Waals surface area contributed by atoms with E-state index in [9.17, 15) is 21.0 Å². The van der Waals surface area contributed by atoms with Crippen molar-refractivity contribution < 1.29 is 0 Å². The van der Waals surface area contributed by atoms with Crippen LogP contribution in [0.5, 0.6) is 0 Å². The Labute approximate surface area is 435 Å². The number of nitrogens with zero attached hydrogens (tertiary/aromatic N) is 4. The van der Waals surface area contributed by atoms with Crippen LogP contribution in [0.4, 0.5) is 0 Å². The van der Waals surface area contributed by atoms with Crippen LogP contribution in [-0.4, -0.2) is 8.59 Å². The molecule has 8 bridgehead atoms. The van der Waals surface area contributed by atoms with Gasteiger partial charge in [-0.15, -0.1) is 0 Å². The zero-order chi connectivity index (χ0) is 48.3. The minimum atomic E-state index is -0.750. The monoisotopic (exact) mass is 1030 g/mol. The van der Waals surface area contributed by atoms with Crippen molar-refractivity contribution in [2.75, 3.05) is 0 Å². The molecule has 6 aromatic rings. The summed E-state index contributed by atoms with van der Waals surface area (Å²) < 4.78 is -1.50. The topological polar surface area (TPSA) is 95.2 Å². The van der Waals surface area contributed by atoms with Gasteiger partial charge in [0, 0.05) is 57.8 Å². The first-order valence-electron chi connectivity index (χ1n) is 24.1. The third-order valence-corrected chi connectivity index (χ3v) is 16.9. The predicted molar refractivity (Wildman–Crippen MR) is 287 cm³/mol. The van der Waals surface area contributed by atoms with Crippen molar-refractivity contribution in [3.63, 3.8) is 0 Å². The lowest BCUT2D eigenvalue weighted by Gasteiger charge is -2.35. The Bertz CT molecular complexity index is 3400. The van der Waals surface area contributed by atoms with Crippen molar-refractivity contribution in [3.8, 4) is 24.3 Å². The fraction of sp³-hybridized carbons (Fsp3) is 0.300. The molecule has 0 fully saturated rings. The highest BCUT2D eigenvalue weighted by atomic mass is 35.6. The van der Waals surface area contributed by atoms with Crippen LogP contribution in [0.1, 0.15) is 143 Å². The van der Waals surface area contributed by atoms with Gasteiger partial charge in [0.05, 0.1) is 0 Å². The van der Waals surface area contributed by atoms with Crippen LogP contribution in [0.2, 0.25) is 0 Å². The molecule has 0 saturated carbocycles. The highest BCUT2D eigenvalue weighted by Crippen LogP contribution is 2.52. The van der Waals surface area contributed by atoms with Crippen LogP contribution in [-0.2, 0) is 0 Å². The lowest BCUT2D eigenvalue weighted by atomic mass is 9.69. The summed E-state index contributed by atoms with van der Waals surface area (Å²) in [6.45, 7) is 0. The normalized spacial score (nSPS) is 25.3. The van der Waals surface area contributed by atoms with E-state index in [0.29, 0.717) is 47.3 Å². The Morgan fingerprint density at radius 1 is 0.314 bits per heavy atom. The number of halogens is 6. The fourth-order valence-corrected chi connectivity index (χ4v) is 14.0. The van der Waals surface area contributed by atoms with Crippen molar-refractivity contribution in [2.24, 2.45) is 0 Å². The van der Waals surface area contributed by atoms with Crippen LogP contribution >= 0.6 is 69.6 Å². The van der Waals surface area contributed by atoms with Gasteiger partial charge >= 0.3 is 0 Å². The van der Waals surface area contributed by atoms with Crippen LogP contribution in [0, 0.1) is 55.8 Å². The van der Waals surface area contributed by atoms with Gasteiger partial charge in [-0.05, 0) is 198 Å². The maximum atomic E-state index is 10.8. The molecule has 10 heteroatoms. The van der Waals surface area contributed by atoms with Crippen molar-refractivity contribution in [1.82, 2.24) is 0 Å². The van der Waals surface area contributed by atoms with Crippen molar-refractivity contribution >= 4 is 124 Å². The molecule has 70 heavy (non-hydrogen) atoms. The summed E-state index contributed by atoms with van der Waals surface area (Å²) in [5, 5.41) is 55.2. The minimum absolute atomic E-state index is 0.153. The molecule has 0 N–H and O–H groups in total. The molecular formula is C60H42Cl6N4. The molecule has 4 nitrogen and oxygen atoms in total. The molecule has 0 amide bonds. The van der Waals surface area contributed by atoms with E-state index in [-0.39, 0.29) is 11.1 Å². The summed E-state index contributed by atoms with van der Waals surface area (Å²) in [5.74, 6) is 2.48. The van der Waals surface area contributed by atoms with Crippen LogP contribution in [0.3, 0.4) is 0 Å². The Balaban J connectivity index is 0.000000590. The Morgan fingerprint density at radius 3 is 0.614 bits per heavy atom. The average molecular weight is 1030 g/mol. The van der Waals surface area contributed by atoms with Gasteiger partial charge in [-0.3, -0.25) is 0 Å². The smallest absolute Gasteiger partial charge is 0.180 e. The molecule has 0 saturated heterocycles. The van der Waals surface area contributed by atoms with E-state index < -0.39 is 8.59 Å². The van der Waals surface area contributed by atoms with E-state index in [1.165, 1.54) is 44.5 Å². The first-order chi connectivity index (χ1) is 34.0. The SMILES string of the molecule is ClC(Cl)Cl.ClC(Cl)Cl.N#CC(C#N)=c1c2cc3c(cc2c(=c2c4cc5c(cc4c(=C(C#N)C#N)c4cc6c(cc24)[C@H]2C=C[C@@H]6CC2)[C@H]2C=C[C@@H]5CC2)c2cc4c(cc12)[C@@H]1C=C[C@H]4CC1)[C@@H]1C=C[C@H]3CC1. The van der Waals surface area contributed by atoms with E-state index in [1.807, 2.05) is 0 Å². The highest BCUT2D eigenvalue weighted by Gasteiger charge is 2.35. The van der Waals surface area contributed by atoms with Gasteiger partial charge in [-0.1, -0.05) is 118 Å². The molecule has 344 valence electrons. The number of alkyl halides is 6. The van der Waals surface area contributed by atoms with Crippen molar-refractivity contribution in [2.45, 2.75) is 107 Å². The van der Waals surface area contributed by atoms with Gasteiger partial charge in [-0.2, -0.15) is 21.0 Å². The summed E-state index contributed by atoms with van der Waals surface area (Å²) >= 11 is 28.8. The number of hydrogen-bond donors (Lipinski definition) is 0. The average Bonchev–Trinajstić information content (AvgIpc) is 3.38. The molecule has 0 aromatic heterocycles. The Kier molecular flexibility index (Phi) is 11.7. The second-order valence-corrected chi connectivity index (χ2v) is 24.0. The van der Waals surface area contributed by atoms with Gasteiger partial charge < -0.3 is 0 Å². The number of fused-ring (bicyclic) bond motifs is 8. The number of benzene rings is 6. The molecule has 0 spiro atoms. The Morgan fingerprint density at radius 2 is 0.471 bits per heavy atom. The molecule has 12 aliphatic carbocycles. The first-order valence-corrected chi connectivity index (χ1v) is 26.8. The largest absolute Gasteiger partial charge is 0.192 e. The van der Waals surface area contributed by atoms with Gasteiger partial charge in [0.15, 0.2) is 8.59 Å². The number of allylic oxidation sites excluding steroid dienone is 8. The van der Waals surface area contributed by atoms with Crippen LogP contribution in [0.15, 0.2) is 97.1 Å². The quantitative estimate of drug-likeness (QED) is 0.0860. The van der Waals surface area contributed by atoms with E-state index in [0.717, 1.165) is 115 Å². The summed E-state index contributed by atoms with van der Waals surface area (Å²) in [5.41, 5.74) is 11.0. The molecule has 0 heterocycles. The minimum Gasteiger partial charge on any atom is -0.192 e. The van der Waals surface area contributed by atoms with Crippen LogP contribution < -0.4 is 10.4 Å². The second kappa shape index (κ2) is 17.8. The molecule has 0 radical (unpaired) electrons. The molecule has 0 aliphatic heterocycles. The number of hydrogen-bond acceptors (Lipinski definition) is 4. The zero-order valence-corrected chi connectivity index (χ0v) is 42.3. The van der Waals surface area contributed by atoms with E-state index in [2.05, 4.69) is 121 Å². The van der Waals surface area contributed by atoms with Crippen LogP contribution in [0.25, 0.3) is 54.2 Å². The third-order valence-electron chi connectivity index (χ3n) is 16.9. The Hall–Kier alpha value is -5.24. The maximum absolute atomic E-state index is 10.8. The van der Waals surface area contributed by atoms with E-state index >= 15 is 0 Å². The highest BCUT2D eigenvalue weighted by molar-refractivity contribution is 6.63. The maximum Gasteiger partial charge on any atom is 0.180 e. The molecule has 0 unspecified atom stereocenters. The predicted octanol–water partition coefficient (Wildman–Crippen LogP) is 16.1. The summed E-state index contributed by atoms with van der Waals surface area (Å²) in [4.78, 5) is 0. The first kappa shape index (κ1) is 45.9. The van der Waals surface area contributed by atoms with Crippen molar-refractivity contribution in [1.29, 1.82) is 21.0 Å². The van der Waals surface area contributed by atoms with Gasteiger partial charge in [-0.25, -0.2) is 0 Å². The van der Waals surface area contributed by atoms with Crippen molar-refractivity contribution in [3.05, 3.63) is 163 Å². The summed E-state index contributed by atoms with van der Waals surface area (Å²) in [6.07, 6.45) is 27.9. The number of nitriles is 4. The van der Waals surface area contributed by atoms with E-state index in [4.69, 9.17) is 69.6 Å². The number of rotatable bonds is 0. The lowest BCUT2D eigenvalue weighted by molar-refractivity contribution is 0.554.